The molecule has 24 heavy (non-hydrogen) atoms. The van der Waals surface area contributed by atoms with Gasteiger partial charge in [0.15, 0.2) is 5.76 Å². The van der Waals surface area contributed by atoms with Crippen LogP contribution in [0.3, 0.4) is 0 Å². The minimum Gasteiger partial charge on any atom is -0.480 e. The number of carboxylic acid groups (broad SMARTS) is 1. The Kier molecular flexibility index (Phi) is 5.91. The number of halogens is 1. The van der Waals surface area contributed by atoms with Crippen LogP contribution in [0.5, 0.6) is 0 Å². The first kappa shape index (κ1) is 17.5. The van der Waals surface area contributed by atoms with Crippen LogP contribution in [0.15, 0.2) is 57.2 Å². The first-order valence-electron chi connectivity index (χ1n) is 6.78. The Morgan fingerprint density at radius 3 is 2.62 bits per heavy atom. The molecule has 0 saturated heterocycles. The maximum Gasteiger partial charge on any atom is 0.322 e. The van der Waals surface area contributed by atoms with Crippen molar-refractivity contribution in [3.8, 4) is 0 Å². The van der Waals surface area contributed by atoms with Crippen molar-refractivity contribution in [1.29, 1.82) is 0 Å². The Labute approximate surface area is 145 Å². The molecule has 0 aliphatic heterocycles. The molecular formula is C16H13BrN2O5. The summed E-state index contributed by atoms with van der Waals surface area (Å²) < 4.78 is 5.76. The number of aliphatic carboxylic acids is 1. The molecule has 2 aromatic rings. The molecule has 0 aliphatic carbocycles. The number of amides is 2. The van der Waals surface area contributed by atoms with E-state index < -0.39 is 24.3 Å². The van der Waals surface area contributed by atoms with Crippen LogP contribution in [-0.4, -0.2) is 29.4 Å². The van der Waals surface area contributed by atoms with Crippen LogP contribution in [0.2, 0.25) is 0 Å². The van der Waals surface area contributed by atoms with Gasteiger partial charge in [-0.1, -0.05) is 28.1 Å². The van der Waals surface area contributed by atoms with E-state index in [1.807, 2.05) is 6.07 Å². The molecule has 0 bridgehead atoms. The number of hydrogen-bond acceptors (Lipinski definition) is 4. The fourth-order valence-electron chi connectivity index (χ4n) is 1.76. The lowest BCUT2D eigenvalue weighted by Gasteiger charge is -2.09. The molecule has 0 fully saturated rings. The number of furan rings is 1. The van der Waals surface area contributed by atoms with Crippen LogP contribution < -0.4 is 10.6 Å². The number of benzene rings is 1. The quantitative estimate of drug-likeness (QED) is 0.651. The average Bonchev–Trinajstić information content (AvgIpc) is 3.06. The van der Waals surface area contributed by atoms with Crippen LogP contribution in [-0.2, 0) is 9.59 Å². The standard InChI is InChI=1S/C16H13BrN2O5/c17-11-4-1-3-10(7-11)8-12(15(22)18-9-14(20)21)19-16(23)13-5-2-6-24-13/h1-8H,9H2,(H,18,22)(H,19,23)(H,20,21). The Morgan fingerprint density at radius 2 is 2.00 bits per heavy atom. The Balaban J connectivity index is 2.25. The first-order valence-corrected chi connectivity index (χ1v) is 7.57. The van der Waals surface area contributed by atoms with Gasteiger partial charge in [-0.3, -0.25) is 14.4 Å². The number of hydrogen-bond donors (Lipinski definition) is 3. The number of carbonyl (C=O) groups excluding carboxylic acids is 2. The fraction of sp³-hybridized carbons (Fsp3) is 0.0625. The molecule has 0 atom stereocenters. The van der Waals surface area contributed by atoms with E-state index in [1.54, 1.807) is 18.2 Å². The van der Waals surface area contributed by atoms with Gasteiger partial charge in [0.2, 0.25) is 0 Å². The zero-order chi connectivity index (χ0) is 17.5. The van der Waals surface area contributed by atoms with E-state index in [0.29, 0.717) is 5.56 Å². The van der Waals surface area contributed by atoms with E-state index >= 15 is 0 Å². The van der Waals surface area contributed by atoms with E-state index in [4.69, 9.17) is 9.52 Å². The number of nitrogens with one attached hydrogen (secondary N) is 2. The van der Waals surface area contributed by atoms with E-state index in [1.165, 1.54) is 24.5 Å². The van der Waals surface area contributed by atoms with Crippen LogP contribution in [0.25, 0.3) is 6.08 Å². The molecule has 3 N–H and O–H groups in total. The van der Waals surface area contributed by atoms with Gasteiger partial charge in [0, 0.05) is 4.47 Å². The summed E-state index contributed by atoms with van der Waals surface area (Å²) in [5.74, 6) is -2.51. The van der Waals surface area contributed by atoms with Gasteiger partial charge in [-0.15, -0.1) is 0 Å². The minimum absolute atomic E-state index is 0.0289. The minimum atomic E-state index is -1.19. The molecule has 0 spiro atoms. The van der Waals surface area contributed by atoms with Crippen molar-refractivity contribution in [2.24, 2.45) is 0 Å². The smallest absolute Gasteiger partial charge is 0.322 e. The predicted molar refractivity (Wildman–Crippen MR) is 88.9 cm³/mol. The van der Waals surface area contributed by atoms with Crippen molar-refractivity contribution in [1.82, 2.24) is 10.6 Å². The highest BCUT2D eigenvalue weighted by Crippen LogP contribution is 2.14. The molecule has 1 heterocycles. The molecule has 2 amide bonds. The van der Waals surface area contributed by atoms with Gasteiger partial charge in [0.1, 0.15) is 12.2 Å². The third-order valence-electron chi connectivity index (χ3n) is 2.80. The lowest BCUT2D eigenvalue weighted by Crippen LogP contribution is -2.37. The van der Waals surface area contributed by atoms with Crippen LogP contribution in [0.1, 0.15) is 16.1 Å². The molecule has 0 radical (unpaired) electrons. The fourth-order valence-corrected chi connectivity index (χ4v) is 2.18. The second-order valence-corrected chi connectivity index (χ2v) is 5.54. The van der Waals surface area contributed by atoms with Gasteiger partial charge in [0.25, 0.3) is 11.8 Å². The molecule has 124 valence electrons. The lowest BCUT2D eigenvalue weighted by atomic mass is 10.2. The van der Waals surface area contributed by atoms with Crippen LogP contribution in [0.4, 0.5) is 0 Å². The molecular weight excluding hydrogens is 380 g/mol. The summed E-state index contributed by atoms with van der Waals surface area (Å²) in [7, 11) is 0. The molecule has 1 aromatic carbocycles. The Morgan fingerprint density at radius 1 is 1.21 bits per heavy atom. The van der Waals surface area contributed by atoms with Gasteiger partial charge in [-0.2, -0.15) is 0 Å². The number of carboxylic acids is 1. The molecule has 2 rings (SSSR count). The third kappa shape index (κ3) is 5.10. The Hall–Kier alpha value is -2.87. The van der Waals surface area contributed by atoms with Gasteiger partial charge in [-0.05, 0) is 35.9 Å². The SMILES string of the molecule is O=C(O)CNC(=O)C(=Cc1cccc(Br)c1)NC(=O)c1ccco1. The number of carbonyl (C=O) groups is 3. The van der Waals surface area contributed by atoms with Crippen LogP contribution in [0, 0.1) is 0 Å². The van der Waals surface area contributed by atoms with E-state index in [2.05, 4.69) is 26.6 Å². The normalized spacial score (nSPS) is 11.0. The second-order valence-electron chi connectivity index (χ2n) is 4.62. The summed E-state index contributed by atoms with van der Waals surface area (Å²) in [4.78, 5) is 34.8. The monoisotopic (exact) mass is 392 g/mol. The molecule has 8 heteroatoms. The highest BCUT2D eigenvalue weighted by molar-refractivity contribution is 9.10. The van der Waals surface area contributed by atoms with Crippen LogP contribution >= 0.6 is 15.9 Å². The summed E-state index contributed by atoms with van der Waals surface area (Å²) in [6.45, 7) is -0.564. The summed E-state index contributed by atoms with van der Waals surface area (Å²) in [6, 6.07) is 10.0. The van der Waals surface area contributed by atoms with Crippen molar-refractivity contribution in [2.45, 2.75) is 0 Å². The lowest BCUT2D eigenvalue weighted by molar-refractivity contribution is -0.137. The highest BCUT2D eigenvalue weighted by Gasteiger charge is 2.16. The number of rotatable bonds is 6. The molecule has 7 nitrogen and oxygen atoms in total. The highest BCUT2D eigenvalue weighted by atomic mass is 79.9. The molecule has 0 saturated carbocycles. The largest absolute Gasteiger partial charge is 0.480 e. The maximum absolute atomic E-state index is 12.1. The van der Waals surface area contributed by atoms with Gasteiger partial charge in [-0.25, -0.2) is 0 Å². The first-order chi connectivity index (χ1) is 11.5. The van der Waals surface area contributed by atoms with E-state index in [-0.39, 0.29) is 11.5 Å². The third-order valence-corrected chi connectivity index (χ3v) is 3.29. The second kappa shape index (κ2) is 8.11. The summed E-state index contributed by atoms with van der Waals surface area (Å²) >= 11 is 3.31. The van der Waals surface area contributed by atoms with Gasteiger partial charge in [0.05, 0.1) is 6.26 Å². The molecule has 0 unspecified atom stereocenters. The van der Waals surface area contributed by atoms with E-state index in [0.717, 1.165) is 4.47 Å². The predicted octanol–water partition coefficient (Wildman–Crippen LogP) is 2.01. The summed E-state index contributed by atoms with van der Waals surface area (Å²) in [6.07, 6.45) is 2.76. The Bertz CT molecular complexity index is 784. The van der Waals surface area contributed by atoms with Crippen molar-refractivity contribution in [2.75, 3.05) is 6.54 Å². The van der Waals surface area contributed by atoms with E-state index in [9.17, 15) is 14.4 Å². The maximum atomic E-state index is 12.1. The molecule has 0 aliphatic rings. The van der Waals surface area contributed by atoms with Gasteiger partial charge >= 0.3 is 5.97 Å². The summed E-state index contributed by atoms with van der Waals surface area (Å²) in [5.41, 5.74) is 0.542. The van der Waals surface area contributed by atoms with Crippen molar-refractivity contribution < 1.29 is 23.9 Å². The van der Waals surface area contributed by atoms with Crippen molar-refractivity contribution >= 4 is 39.8 Å². The topological polar surface area (TPSA) is 109 Å². The zero-order valence-corrected chi connectivity index (χ0v) is 13.9. The summed E-state index contributed by atoms with van der Waals surface area (Å²) in [5, 5.41) is 13.3. The average molecular weight is 393 g/mol. The van der Waals surface area contributed by atoms with Gasteiger partial charge < -0.3 is 20.2 Å². The van der Waals surface area contributed by atoms with Crippen molar-refractivity contribution in [3.05, 3.63) is 64.2 Å². The molecule has 1 aromatic heterocycles. The van der Waals surface area contributed by atoms with Crippen molar-refractivity contribution in [3.63, 3.8) is 0 Å². The zero-order valence-electron chi connectivity index (χ0n) is 12.3.